The van der Waals surface area contributed by atoms with Crippen LogP contribution in [0.25, 0.3) is 10.8 Å². The fraction of sp³-hybridized carbons (Fsp3) is 0. The lowest BCUT2D eigenvalue weighted by atomic mass is 10.1. The number of primary sulfonamides is 1. The van der Waals surface area contributed by atoms with Crippen molar-refractivity contribution < 1.29 is 27.7 Å². The molecule has 0 radical (unpaired) electrons. The van der Waals surface area contributed by atoms with Crippen molar-refractivity contribution in [3.63, 3.8) is 0 Å². The molecule has 19 heavy (non-hydrogen) atoms. The van der Waals surface area contributed by atoms with Gasteiger partial charge in [0.2, 0.25) is 10.0 Å². The molecule has 2 rings (SSSR count). The molecule has 0 heterocycles. The topological polar surface area (TPSA) is 138 Å². The van der Waals surface area contributed by atoms with Gasteiger partial charge in [-0.2, -0.15) is 0 Å². The summed E-state index contributed by atoms with van der Waals surface area (Å²) >= 11 is 0. The van der Waals surface area contributed by atoms with Gasteiger partial charge in [-0.05, 0) is 11.5 Å². The molecule has 2 aromatic rings. The molecular weight excluding hydrogens is 293 g/mol. The summed E-state index contributed by atoms with van der Waals surface area (Å²) in [6.07, 6.45) is 0. The zero-order chi connectivity index (χ0) is 14.7. The Morgan fingerprint density at radius 1 is 0.947 bits per heavy atom. The van der Waals surface area contributed by atoms with E-state index in [-0.39, 0.29) is 4.90 Å². The molecule has 9 heteroatoms. The van der Waals surface area contributed by atoms with E-state index in [1.807, 2.05) is 18.2 Å². The molecule has 0 spiro atoms. The highest BCUT2D eigenvalue weighted by atomic mass is 32.2. The Morgan fingerprint density at radius 2 is 1.42 bits per heavy atom. The number of fused-ring (bicyclic) bond motifs is 1. The van der Waals surface area contributed by atoms with E-state index >= 15 is 0 Å². The second-order valence-electron chi connectivity index (χ2n) is 3.54. The second kappa shape index (κ2) is 5.79. The summed E-state index contributed by atoms with van der Waals surface area (Å²) in [6.45, 7) is 0. The first-order valence-electron chi connectivity index (χ1n) is 4.88. The molecule has 7 nitrogen and oxygen atoms in total. The second-order valence-corrected chi connectivity index (χ2v) is 6.09. The Bertz CT molecular complexity index is 710. The van der Waals surface area contributed by atoms with Crippen LogP contribution < -0.4 is 5.14 Å². The molecule has 0 atom stereocenters. The summed E-state index contributed by atoms with van der Waals surface area (Å²) in [4.78, 5) is 21.7. The SMILES string of the molecule is NS(=O)(=O)c1cccc2ccccc12.O=P(O)(O)O. The van der Waals surface area contributed by atoms with E-state index in [0.29, 0.717) is 5.39 Å². The van der Waals surface area contributed by atoms with Crippen molar-refractivity contribution in [3.05, 3.63) is 42.5 Å². The van der Waals surface area contributed by atoms with Crippen LogP contribution in [0.4, 0.5) is 0 Å². The summed E-state index contributed by atoms with van der Waals surface area (Å²) < 4.78 is 31.3. The molecular formula is C10H12NO6PS. The number of nitrogens with two attached hydrogens (primary N) is 1. The average molecular weight is 305 g/mol. The molecule has 5 N–H and O–H groups in total. The van der Waals surface area contributed by atoms with Crippen molar-refractivity contribution >= 4 is 28.6 Å². The number of benzene rings is 2. The summed E-state index contributed by atoms with van der Waals surface area (Å²) in [7, 11) is -8.27. The van der Waals surface area contributed by atoms with E-state index in [4.69, 9.17) is 24.4 Å². The lowest BCUT2D eigenvalue weighted by Crippen LogP contribution is -2.12. The third-order valence-electron chi connectivity index (χ3n) is 2.06. The van der Waals surface area contributed by atoms with E-state index < -0.39 is 17.8 Å². The lowest BCUT2D eigenvalue weighted by molar-refractivity contribution is 0.275. The van der Waals surface area contributed by atoms with Gasteiger partial charge in [0.05, 0.1) is 4.90 Å². The van der Waals surface area contributed by atoms with Crippen LogP contribution in [0.2, 0.25) is 0 Å². The highest BCUT2D eigenvalue weighted by molar-refractivity contribution is 7.89. The average Bonchev–Trinajstić information content (AvgIpc) is 2.25. The van der Waals surface area contributed by atoms with Crippen LogP contribution in [0.15, 0.2) is 47.4 Å². The third-order valence-corrected chi connectivity index (χ3v) is 3.03. The Hall–Kier alpha value is -1.28. The zero-order valence-electron chi connectivity index (χ0n) is 9.54. The molecule has 0 fully saturated rings. The van der Waals surface area contributed by atoms with Crippen LogP contribution in [0, 0.1) is 0 Å². The maximum Gasteiger partial charge on any atom is 0.466 e. The number of sulfonamides is 1. The molecule has 0 aliphatic rings. The monoisotopic (exact) mass is 305 g/mol. The smallest absolute Gasteiger partial charge is 0.303 e. The Labute approximate surface area is 109 Å². The molecule has 0 aliphatic heterocycles. The minimum absolute atomic E-state index is 0.176. The molecule has 0 aromatic heterocycles. The van der Waals surface area contributed by atoms with Gasteiger partial charge in [-0.15, -0.1) is 0 Å². The first-order valence-corrected chi connectivity index (χ1v) is 7.99. The molecule has 0 saturated carbocycles. The van der Waals surface area contributed by atoms with Crippen molar-refractivity contribution in [2.45, 2.75) is 4.90 Å². The van der Waals surface area contributed by atoms with Crippen molar-refractivity contribution in [1.82, 2.24) is 0 Å². The van der Waals surface area contributed by atoms with Gasteiger partial charge in [-0.3, -0.25) is 0 Å². The number of rotatable bonds is 1. The quantitative estimate of drug-likeness (QED) is 0.568. The predicted octanol–water partition coefficient (Wildman–Crippen LogP) is 0.559. The van der Waals surface area contributed by atoms with Gasteiger partial charge in [0.15, 0.2) is 0 Å². The lowest BCUT2D eigenvalue weighted by Gasteiger charge is -2.02. The molecule has 0 bridgehead atoms. The highest BCUT2D eigenvalue weighted by Gasteiger charge is 2.10. The van der Waals surface area contributed by atoms with Crippen LogP contribution in [-0.2, 0) is 14.6 Å². The normalized spacial score (nSPS) is 11.8. The summed E-state index contributed by atoms with van der Waals surface area (Å²) in [5, 5.41) is 6.63. The minimum atomic E-state index is -4.64. The van der Waals surface area contributed by atoms with Gasteiger partial charge in [-0.25, -0.2) is 18.1 Å². The maximum absolute atomic E-state index is 11.2. The Morgan fingerprint density at radius 3 is 1.95 bits per heavy atom. The summed E-state index contributed by atoms with van der Waals surface area (Å²) in [6, 6.07) is 12.3. The van der Waals surface area contributed by atoms with Gasteiger partial charge < -0.3 is 14.7 Å². The molecule has 2 aromatic carbocycles. The van der Waals surface area contributed by atoms with Crippen molar-refractivity contribution in [2.75, 3.05) is 0 Å². The fourth-order valence-electron chi connectivity index (χ4n) is 1.44. The molecule has 0 unspecified atom stereocenters. The third kappa shape index (κ3) is 5.48. The number of hydrogen-bond acceptors (Lipinski definition) is 3. The van der Waals surface area contributed by atoms with Crippen LogP contribution in [0.3, 0.4) is 0 Å². The van der Waals surface area contributed by atoms with Gasteiger partial charge in [0.25, 0.3) is 0 Å². The molecule has 0 saturated heterocycles. The van der Waals surface area contributed by atoms with Crippen LogP contribution >= 0.6 is 7.82 Å². The summed E-state index contributed by atoms with van der Waals surface area (Å²) in [5.41, 5.74) is 0. The first-order chi connectivity index (χ1) is 8.59. The van der Waals surface area contributed by atoms with Gasteiger partial charge >= 0.3 is 7.82 Å². The predicted molar refractivity (Wildman–Crippen MR) is 69.6 cm³/mol. The van der Waals surface area contributed by atoms with Crippen molar-refractivity contribution in [2.24, 2.45) is 5.14 Å². The fourth-order valence-corrected chi connectivity index (χ4v) is 2.20. The van der Waals surface area contributed by atoms with Crippen molar-refractivity contribution in [1.29, 1.82) is 0 Å². The van der Waals surface area contributed by atoms with E-state index in [9.17, 15) is 8.42 Å². The highest BCUT2D eigenvalue weighted by Crippen LogP contribution is 2.25. The van der Waals surface area contributed by atoms with Crippen LogP contribution in [0.5, 0.6) is 0 Å². The summed E-state index contributed by atoms with van der Waals surface area (Å²) in [5.74, 6) is 0. The largest absolute Gasteiger partial charge is 0.466 e. The van der Waals surface area contributed by atoms with Gasteiger partial charge in [-0.1, -0.05) is 36.4 Å². The molecule has 0 amide bonds. The van der Waals surface area contributed by atoms with Crippen LogP contribution in [0.1, 0.15) is 0 Å². The van der Waals surface area contributed by atoms with Crippen molar-refractivity contribution in [3.8, 4) is 0 Å². The van der Waals surface area contributed by atoms with Gasteiger partial charge in [0.1, 0.15) is 0 Å². The Balaban J connectivity index is 0.000000312. The van der Waals surface area contributed by atoms with Gasteiger partial charge in [0, 0.05) is 5.39 Å². The van der Waals surface area contributed by atoms with E-state index in [1.165, 1.54) is 6.07 Å². The first kappa shape index (κ1) is 15.8. The minimum Gasteiger partial charge on any atom is -0.303 e. The molecule has 104 valence electrons. The number of hydrogen-bond donors (Lipinski definition) is 4. The standard InChI is InChI=1S/C10H9NO2S.H3O4P/c11-14(12,13)10-7-3-5-8-4-1-2-6-9(8)10;1-5(2,3)4/h1-7H,(H2,11,12,13);(H3,1,2,3,4). The Kier molecular flexibility index (Phi) is 4.81. The number of phosphoric acid groups is 1. The van der Waals surface area contributed by atoms with E-state index in [0.717, 1.165) is 5.39 Å². The molecule has 0 aliphatic carbocycles. The maximum atomic E-state index is 11.2. The zero-order valence-corrected chi connectivity index (χ0v) is 11.3. The van der Waals surface area contributed by atoms with E-state index in [1.54, 1.807) is 18.2 Å². The van der Waals surface area contributed by atoms with E-state index in [2.05, 4.69) is 0 Å². The van der Waals surface area contributed by atoms with Crippen LogP contribution in [-0.4, -0.2) is 23.1 Å².